The fourth-order valence-electron chi connectivity index (χ4n) is 0.770. The molecule has 44 valence electrons. The molecule has 2 atom stereocenters. The maximum Gasteiger partial charge on any atom is 0.104 e. The van der Waals surface area contributed by atoms with Crippen molar-refractivity contribution in [3.8, 4) is 0 Å². The van der Waals surface area contributed by atoms with Gasteiger partial charge in [-0.1, -0.05) is 31.3 Å². The highest BCUT2D eigenvalue weighted by atomic mass is 14.0. The summed E-state index contributed by atoms with van der Waals surface area (Å²) in [6.45, 7) is 4.56. The summed E-state index contributed by atoms with van der Waals surface area (Å²) in [5.74, 6) is 2.56. The molecule has 0 aliphatic rings. The van der Waals surface area contributed by atoms with E-state index in [1.807, 2.05) is 0 Å². The van der Waals surface area contributed by atoms with Gasteiger partial charge in [-0.25, -0.2) is 0 Å². The number of rotatable bonds is 2. The van der Waals surface area contributed by atoms with E-state index in [1.54, 1.807) is 0 Å². The summed E-state index contributed by atoms with van der Waals surface area (Å²) in [6.07, 6.45) is 0. The van der Waals surface area contributed by atoms with Crippen molar-refractivity contribution in [2.75, 3.05) is 0 Å². The van der Waals surface area contributed by atoms with Gasteiger partial charge in [0, 0.05) is 0 Å². The summed E-state index contributed by atoms with van der Waals surface area (Å²) in [7, 11) is 6.88. The summed E-state index contributed by atoms with van der Waals surface area (Å²) >= 11 is 0. The van der Waals surface area contributed by atoms with Gasteiger partial charge in [0.05, 0.1) is 0 Å². The molecule has 0 nitrogen and oxygen atoms in total. The lowest BCUT2D eigenvalue weighted by atomic mass is 9.57. The zero-order chi connectivity index (χ0) is 6.73. The Morgan fingerprint density at radius 3 is 1.12 bits per heavy atom. The Morgan fingerprint density at radius 2 is 1.12 bits per heavy atom. The fourth-order valence-corrected chi connectivity index (χ4v) is 0.770. The van der Waals surface area contributed by atoms with Crippen molar-refractivity contribution < 1.29 is 0 Å². The summed E-state index contributed by atoms with van der Waals surface area (Å²) in [4.78, 5) is 0. The third kappa shape index (κ3) is 2.49. The van der Waals surface area contributed by atoms with Crippen LogP contribution >= 0.6 is 0 Å². The van der Waals surface area contributed by atoms with Crippen molar-refractivity contribution in [3.05, 3.63) is 0 Å². The molecule has 0 N–H and O–H groups in total. The van der Waals surface area contributed by atoms with Crippen LogP contribution in [-0.2, 0) is 0 Å². The first-order chi connectivity index (χ1) is 3.55. The van der Waals surface area contributed by atoms with Gasteiger partial charge in [0.15, 0.2) is 0 Å². The predicted octanol–water partition coefficient (Wildman–Crippen LogP) is -0.709. The smallest absolute Gasteiger partial charge is 0.0786 e. The number of hydrogen-bond donors (Lipinski definition) is 0. The molecular weight excluding hydrogens is 92.5 g/mol. The Bertz CT molecular complexity index is 52.7. The van der Waals surface area contributed by atoms with Crippen molar-refractivity contribution in [3.63, 3.8) is 0 Å². The van der Waals surface area contributed by atoms with Crippen LogP contribution in [0.2, 0.25) is 17.5 Å². The first kappa shape index (κ1) is 8.19. The van der Waals surface area contributed by atoms with Crippen molar-refractivity contribution in [1.29, 1.82) is 0 Å². The van der Waals surface area contributed by atoms with Crippen LogP contribution in [0.3, 0.4) is 0 Å². The lowest BCUT2D eigenvalue weighted by molar-refractivity contribution is 0.763. The minimum atomic E-state index is 0.843. The second-order valence-electron chi connectivity index (χ2n) is 3.35. The van der Waals surface area contributed by atoms with Gasteiger partial charge in [-0.3, -0.25) is 0 Å². The maximum absolute atomic E-state index is 2.31. The molecular formula is C5H15B3. The van der Waals surface area contributed by atoms with Crippen LogP contribution in [0.25, 0.3) is 0 Å². The van der Waals surface area contributed by atoms with E-state index in [0.29, 0.717) is 0 Å². The molecule has 0 amide bonds. The molecule has 0 fully saturated rings. The second kappa shape index (κ2) is 3.27. The Labute approximate surface area is 55.7 Å². The molecule has 0 radical (unpaired) electrons. The summed E-state index contributed by atoms with van der Waals surface area (Å²) in [5.41, 5.74) is 0. The van der Waals surface area contributed by atoms with Crippen LogP contribution in [0.1, 0.15) is 13.8 Å². The molecule has 0 aromatic carbocycles. The first-order valence-corrected chi connectivity index (χ1v) is 3.55. The second-order valence-corrected chi connectivity index (χ2v) is 3.35. The van der Waals surface area contributed by atoms with Crippen molar-refractivity contribution in [1.82, 2.24) is 0 Å². The maximum atomic E-state index is 2.31. The van der Waals surface area contributed by atoms with E-state index < -0.39 is 0 Å². The van der Waals surface area contributed by atoms with E-state index in [2.05, 4.69) is 37.4 Å². The van der Waals surface area contributed by atoms with Gasteiger partial charge in [-0.15, -0.1) is 0 Å². The predicted molar refractivity (Wildman–Crippen MR) is 48.2 cm³/mol. The molecule has 0 saturated carbocycles. The number of hydrogen-bond acceptors (Lipinski definition) is 0. The first-order valence-electron chi connectivity index (χ1n) is 3.55. The molecule has 0 bridgehead atoms. The third-order valence-corrected chi connectivity index (χ3v) is 2.10. The quantitative estimate of drug-likeness (QED) is 0.409. The Balaban J connectivity index is 3.46. The summed E-state index contributed by atoms with van der Waals surface area (Å²) < 4.78 is 0. The Hall–Kier alpha value is 0.195. The van der Waals surface area contributed by atoms with Crippen LogP contribution in [0.5, 0.6) is 0 Å². The van der Waals surface area contributed by atoms with Crippen LogP contribution < -0.4 is 0 Å². The summed E-state index contributed by atoms with van der Waals surface area (Å²) in [5, 5.41) is 0. The highest BCUT2D eigenvalue weighted by molar-refractivity contribution is 6.26. The largest absolute Gasteiger partial charge is 0.104 e. The van der Waals surface area contributed by atoms with E-state index in [4.69, 9.17) is 0 Å². The molecule has 0 saturated heterocycles. The molecule has 0 aromatic heterocycles. The standard InChI is InChI=1S/C5H15B3/c1-3(6)5(8)4(2)7/h3-5H,6-8H2,1-2H3. The molecule has 3 heteroatoms. The van der Waals surface area contributed by atoms with Gasteiger partial charge in [-0.05, 0) is 0 Å². The van der Waals surface area contributed by atoms with E-state index in [-0.39, 0.29) is 0 Å². The van der Waals surface area contributed by atoms with Crippen molar-refractivity contribution >= 4 is 23.5 Å². The third-order valence-electron chi connectivity index (χ3n) is 2.10. The topological polar surface area (TPSA) is 0 Å². The lowest BCUT2D eigenvalue weighted by Crippen LogP contribution is -2.05. The SMILES string of the molecule is BC(C)C(B)C(B)C. The molecule has 0 aliphatic carbocycles. The fraction of sp³-hybridized carbons (Fsp3) is 1.00. The monoisotopic (exact) mass is 108 g/mol. The lowest BCUT2D eigenvalue weighted by Gasteiger charge is -2.18. The molecule has 0 rings (SSSR count). The van der Waals surface area contributed by atoms with Crippen molar-refractivity contribution in [2.45, 2.75) is 31.3 Å². The Kier molecular flexibility index (Phi) is 3.35. The van der Waals surface area contributed by atoms with Gasteiger partial charge < -0.3 is 0 Å². The van der Waals surface area contributed by atoms with E-state index in [1.165, 1.54) is 0 Å². The van der Waals surface area contributed by atoms with Crippen LogP contribution in [0.15, 0.2) is 0 Å². The van der Waals surface area contributed by atoms with Crippen molar-refractivity contribution in [2.24, 2.45) is 0 Å². The van der Waals surface area contributed by atoms with Gasteiger partial charge in [0.2, 0.25) is 0 Å². The molecule has 0 spiro atoms. The van der Waals surface area contributed by atoms with E-state index >= 15 is 0 Å². The Morgan fingerprint density at radius 1 is 0.875 bits per heavy atom. The minimum absolute atomic E-state index is 0.843. The average molecular weight is 108 g/mol. The highest BCUT2D eigenvalue weighted by Gasteiger charge is 2.09. The van der Waals surface area contributed by atoms with Crippen LogP contribution in [-0.4, -0.2) is 23.5 Å². The van der Waals surface area contributed by atoms with Gasteiger partial charge >= 0.3 is 0 Å². The van der Waals surface area contributed by atoms with Gasteiger partial charge in [-0.2, -0.15) is 0 Å². The zero-order valence-electron chi connectivity index (χ0n) is 6.73. The normalized spacial score (nSPS) is 21.8. The van der Waals surface area contributed by atoms with Gasteiger partial charge in [0.1, 0.15) is 23.5 Å². The zero-order valence-corrected chi connectivity index (χ0v) is 6.73. The molecule has 0 heterocycles. The average Bonchev–Trinajstić information content (AvgIpc) is 1.64. The molecule has 0 aliphatic heterocycles. The summed E-state index contributed by atoms with van der Waals surface area (Å²) in [6, 6.07) is 0. The molecule has 2 unspecified atom stereocenters. The van der Waals surface area contributed by atoms with E-state index in [0.717, 1.165) is 17.5 Å². The van der Waals surface area contributed by atoms with Crippen LogP contribution in [0.4, 0.5) is 0 Å². The molecule has 8 heavy (non-hydrogen) atoms. The van der Waals surface area contributed by atoms with Crippen LogP contribution in [0, 0.1) is 0 Å². The van der Waals surface area contributed by atoms with Gasteiger partial charge in [0.25, 0.3) is 0 Å². The molecule has 0 aromatic rings. The minimum Gasteiger partial charge on any atom is -0.0786 e. The highest BCUT2D eigenvalue weighted by Crippen LogP contribution is 2.27. The van der Waals surface area contributed by atoms with E-state index in [9.17, 15) is 0 Å².